The van der Waals surface area contributed by atoms with Gasteiger partial charge >= 0.3 is 0 Å². The Bertz CT molecular complexity index is 701. The topological polar surface area (TPSA) is 33.2 Å². The minimum atomic E-state index is -0.288. The minimum absolute atomic E-state index is 0.0353. The van der Waals surface area contributed by atoms with Gasteiger partial charge in [-0.1, -0.05) is 13.0 Å². The first kappa shape index (κ1) is 15.7. The summed E-state index contributed by atoms with van der Waals surface area (Å²) in [6.45, 7) is 5.62. The van der Waals surface area contributed by atoms with Crippen molar-refractivity contribution in [3.8, 4) is 11.3 Å². The van der Waals surface area contributed by atoms with E-state index in [2.05, 4.69) is 11.9 Å². The van der Waals surface area contributed by atoms with Gasteiger partial charge in [0.1, 0.15) is 11.5 Å². The number of rotatable bonds is 2. The second-order valence-electron chi connectivity index (χ2n) is 6.40. The summed E-state index contributed by atoms with van der Waals surface area (Å²) in [4.78, 5) is 18.9. The van der Waals surface area contributed by atoms with Crippen molar-refractivity contribution in [2.75, 3.05) is 13.1 Å². The molecule has 4 heteroatoms. The highest BCUT2D eigenvalue weighted by Crippen LogP contribution is 2.22. The molecule has 0 saturated carbocycles. The maximum atomic E-state index is 13.6. The third-order valence-electron chi connectivity index (χ3n) is 4.38. The first-order valence-electron chi connectivity index (χ1n) is 8.07. The molecular weight excluding hydrogens is 291 g/mol. The van der Waals surface area contributed by atoms with Crippen LogP contribution in [0.25, 0.3) is 11.3 Å². The first-order valence-corrected chi connectivity index (χ1v) is 8.07. The number of piperidine rings is 1. The molecule has 3 rings (SSSR count). The Balaban J connectivity index is 1.86. The van der Waals surface area contributed by atoms with E-state index in [0.717, 1.165) is 31.5 Å². The van der Waals surface area contributed by atoms with Crippen molar-refractivity contribution in [3.63, 3.8) is 0 Å². The van der Waals surface area contributed by atoms with Crippen LogP contribution in [0.1, 0.15) is 35.8 Å². The van der Waals surface area contributed by atoms with Gasteiger partial charge in [0.05, 0.1) is 5.69 Å². The Morgan fingerprint density at radius 1 is 1.22 bits per heavy atom. The van der Waals surface area contributed by atoms with Crippen LogP contribution in [0.2, 0.25) is 0 Å². The van der Waals surface area contributed by atoms with Gasteiger partial charge in [0.2, 0.25) is 0 Å². The molecule has 120 valence electrons. The normalized spacial score (nSPS) is 15.7. The van der Waals surface area contributed by atoms with Gasteiger partial charge in [0.25, 0.3) is 5.91 Å². The van der Waals surface area contributed by atoms with Crippen LogP contribution in [0.3, 0.4) is 0 Å². The molecule has 23 heavy (non-hydrogen) atoms. The highest BCUT2D eigenvalue weighted by Gasteiger charge is 2.22. The summed E-state index contributed by atoms with van der Waals surface area (Å²) >= 11 is 0. The van der Waals surface area contributed by atoms with Crippen LogP contribution < -0.4 is 0 Å². The summed E-state index contributed by atoms with van der Waals surface area (Å²) in [5.74, 6) is 0.351. The summed E-state index contributed by atoms with van der Waals surface area (Å²) in [5, 5.41) is 0. The maximum Gasteiger partial charge on any atom is 0.272 e. The average Bonchev–Trinajstić information content (AvgIpc) is 2.54. The zero-order chi connectivity index (χ0) is 16.4. The number of carbonyl (C=O) groups is 1. The van der Waals surface area contributed by atoms with Crippen molar-refractivity contribution in [1.29, 1.82) is 0 Å². The van der Waals surface area contributed by atoms with E-state index in [1.165, 1.54) is 12.1 Å². The molecule has 2 aromatic rings. The molecule has 0 bridgehead atoms. The van der Waals surface area contributed by atoms with Crippen LogP contribution in [-0.4, -0.2) is 28.9 Å². The van der Waals surface area contributed by atoms with Gasteiger partial charge in [-0.15, -0.1) is 0 Å². The highest BCUT2D eigenvalue weighted by molar-refractivity contribution is 5.93. The molecule has 1 aromatic carbocycles. The molecule has 0 atom stereocenters. The SMILES string of the molecule is Cc1cc(F)cc(-c2cccc(C(=O)N3CCC(C)CC3)n2)c1. The van der Waals surface area contributed by atoms with Gasteiger partial charge in [-0.2, -0.15) is 0 Å². The number of hydrogen-bond acceptors (Lipinski definition) is 2. The van der Waals surface area contributed by atoms with Crippen LogP contribution in [0.5, 0.6) is 0 Å². The number of halogens is 1. The van der Waals surface area contributed by atoms with Gasteiger partial charge in [-0.3, -0.25) is 4.79 Å². The van der Waals surface area contributed by atoms with E-state index < -0.39 is 0 Å². The number of aryl methyl sites for hydroxylation is 1. The fourth-order valence-corrected chi connectivity index (χ4v) is 2.97. The molecule has 0 unspecified atom stereocenters. The van der Waals surface area contributed by atoms with Crippen LogP contribution in [0, 0.1) is 18.7 Å². The van der Waals surface area contributed by atoms with Crippen LogP contribution >= 0.6 is 0 Å². The van der Waals surface area contributed by atoms with Gasteiger partial charge < -0.3 is 4.90 Å². The quantitative estimate of drug-likeness (QED) is 0.837. The lowest BCUT2D eigenvalue weighted by Gasteiger charge is -2.30. The molecule has 3 nitrogen and oxygen atoms in total. The van der Waals surface area contributed by atoms with Gasteiger partial charge in [0.15, 0.2) is 0 Å². The number of nitrogens with zero attached hydrogens (tertiary/aromatic N) is 2. The first-order chi connectivity index (χ1) is 11.0. The molecule has 2 heterocycles. The number of carbonyl (C=O) groups excluding carboxylic acids is 1. The molecule has 0 spiro atoms. The van der Waals surface area contributed by atoms with Crippen molar-refractivity contribution in [1.82, 2.24) is 9.88 Å². The fraction of sp³-hybridized carbons (Fsp3) is 0.368. The van der Waals surface area contributed by atoms with Gasteiger partial charge in [-0.25, -0.2) is 9.37 Å². The van der Waals surface area contributed by atoms with E-state index in [4.69, 9.17) is 0 Å². The molecule has 1 saturated heterocycles. The lowest BCUT2D eigenvalue weighted by molar-refractivity contribution is 0.0691. The maximum absolute atomic E-state index is 13.6. The molecule has 1 aromatic heterocycles. The van der Waals surface area contributed by atoms with Crippen LogP contribution in [0.4, 0.5) is 4.39 Å². The summed E-state index contributed by atoms with van der Waals surface area (Å²) < 4.78 is 13.6. The van der Waals surface area contributed by atoms with Crippen LogP contribution in [0.15, 0.2) is 36.4 Å². The Kier molecular flexibility index (Phi) is 4.42. The Morgan fingerprint density at radius 3 is 2.65 bits per heavy atom. The molecule has 0 aliphatic carbocycles. The molecule has 1 aliphatic heterocycles. The third kappa shape index (κ3) is 3.58. The highest BCUT2D eigenvalue weighted by atomic mass is 19.1. The summed E-state index contributed by atoms with van der Waals surface area (Å²) in [7, 11) is 0. The second-order valence-corrected chi connectivity index (χ2v) is 6.40. The van der Waals surface area contributed by atoms with Gasteiger partial charge in [0, 0.05) is 18.7 Å². The monoisotopic (exact) mass is 312 g/mol. The lowest BCUT2D eigenvalue weighted by Crippen LogP contribution is -2.38. The van der Waals surface area contributed by atoms with Crippen molar-refractivity contribution < 1.29 is 9.18 Å². The zero-order valence-corrected chi connectivity index (χ0v) is 13.6. The standard InChI is InChI=1S/C19H21FN2O/c1-13-6-8-22(9-7-13)19(23)18-5-3-4-17(21-18)15-10-14(2)11-16(20)12-15/h3-5,10-13H,6-9H2,1-2H3. The van der Waals surface area contributed by atoms with Gasteiger partial charge in [-0.05, 0) is 61.6 Å². The Hall–Kier alpha value is -2.23. The molecule has 0 N–H and O–H groups in total. The number of amides is 1. The largest absolute Gasteiger partial charge is 0.337 e. The van der Waals surface area contributed by atoms with E-state index in [9.17, 15) is 9.18 Å². The summed E-state index contributed by atoms with van der Waals surface area (Å²) in [6, 6.07) is 10.2. The number of pyridine rings is 1. The smallest absolute Gasteiger partial charge is 0.272 e. The van der Waals surface area contributed by atoms with E-state index in [1.807, 2.05) is 30.0 Å². The lowest BCUT2D eigenvalue weighted by atomic mass is 9.99. The number of benzene rings is 1. The number of aromatic nitrogens is 1. The van der Waals surface area contributed by atoms with Crippen molar-refractivity contribution in [3.05, 3.63) is 53.5 Å². The Morgan fingerprint density at radius 2 is 1.96 bits per heavy atom. The molecular formula is C19H21FN2O. The molecule has 0 radical (unpaired) electrons. The average molecular weight is 312 g/mol. The summed E-state index contributed by atoms with van der Waals surface area (Å²) in [6.07, 6.45) is 2.07. The van der Waals surface area contributed by atoms with E-state index >= 15 is 0 Å². The van der Waals surface area contributed by atoms with E-state index in [1.54, 1.807) is 6.07 Å². The van der Waals surface area contributed by atoms with Crippen molar-refractivity contribution >= 4 is 5.91 Å². The van der Waals surface area contributed by atoms with E-state index in [-0.39, 0.29) is 11.7 Å². The van der Waals surface area contributed by atoms with Crippen LogP contribution in [-0.2, 0) is 0 Å². The third-order valence-corrected chi connectivity index (χ3v) is 4.38. The molecule has 1 fully saturated rings. The predicted molar refractivity (Wildman–Crippen MR) is 88.7 cm³/mol. The van der Waals surface area contributed by atoms with E-state index in [0.29, 0.717) is 22.9 Å². The molecule has 1 aliphatic rings. The number of likely N-dealkylation sites (tertiary alicyclic amines) is 1. The fourth-order valence-electron chi connectivity index (χ4n) is 2.97. The number of hydrogen-bond donors (Lipinski definition) is 0. The van der Waals surface area contributed by atoms with Crippen molar-refractivity contribution in [2.24, 2.45) is 5.92 Å². The second kappa shape index (κ2) is 6.49. The molecule has 1 amide bonds. The predicted octanol–water partition coefficient (Wildman–Crippen LogP) is 4.07. The minimum Gasteiger partial charge on any atom is -0.337 e. The zero-order valence-electron chi connectivity index (χ0n) is 13.6. The Labute approximate surface area is 136 Å². The summed E-state index contributed by atoms with van der Waals surface area (Å²) in [5.41, 5.74) is 2.59. The van der Waals surface area contributed by atoms with Crippen molar-refractivity contribution in [2.45, 2.75) is 26.7 Å².